The van der Waals surface area contributed by atoms with Crippen LogP contribution in [-0.2, 0) is 14.3 Å². The van der Waals surface area contributed by atoms with E-state index in [1.54, 1.807) is 13.2 Å². The van der Waals surface area contributed by atoms with Gasteiger partial charge in [0.2, 0.25) is 5.91 Å². The van der Waals surface area contributed by atoms with Gasteiger partial charge in [-0.3, -0.25) is 14.4 Å². The molecule has 1 aromatic rings. The van der Waals surface area contributed by atoms with Gasteiger partial charge in [0, 0.05) is 51.7 Å². The fraction of sp³-hybridized carbons (Fsp3) is 0.727. The Bertz CT molecular complexity index is 1090. The van der Waals surface area contributed by atoms with Gasteiger partial charge in [0.1, 0.15) is 5.75 Å². The van der Waals surface area contributed by atoms with Crippen molar-refractivity contribution in [3.63, 3.8) is 0 Å². The molecule has 0 bridgehead atoms. The smallest absolute Gasteiger partial charge is 0.303 e. The van der Waals surface area contributed by atoms with Crippen molar-refractivity contribution in [2.24, 2.45) is 0 Å². The maximum absolute atomic E-state index is 13.0. The fourth-order valence-corrected chi connectivity index (χ4v) is 6.53. The number of amides is 2. The zero-order valence-electron chi connectivity index (χ0n) is 27.2. The molecule has 0 spiro atoms. The van der Waals surface area contributed by atoms with Gasteiger partial charge in [0.25, 0.3) is 5.91 Å². The summed E-state index contributed by atoms with van der Waals surface area (Å²) >= 11 is 6.15. The lowest BCUT2D eigenvalue weighted by Crippen LogP contribution is -2.54. The molecule has 2 aliphatic rings. The van der Waals surface area contributed by atoms with Crippen LogP contribution in [0.1, 0.15) is 93.8 Å². The Morgan fingerprint density at radius 2 is 1.58 bits per heavy atom. The Hall–Kier alpha value is -2.60. The number of hydrogen-bond donors (Lipinski definition) is 4. The predicted molar refractivity (Wildman–Crippen MR) is 177 cm³/mol. The maximum atomic E-state index is 13.0. The number of benzene rings is 1. The number of halogens is 1. The van der Waals surface area contributed by atoms with Crippen molar-refractivity contribution in [2.45, 2.75) is 102 Å². The summed E-state index contributed by atoms with van der Waals surface area (Å²) in [4.78, 5) is 41.1. The van der Waals surface area contributed by atoms with E-state index in [1.807, 2.05) is 0 Å². The number of carbonyl (C=O) groups excluding carboxylic acids is 2. The summed E-state index contributed by atoms with van der Waals surface area (Å²) < 4.78 is 11.1. The quantitative estimate of drug-likeness (QED) is 0.127. The van der Waals surface area contributed by atoms with Crippen LogP contribution in [0.5, 0.6) is 5.75 Å². The molecule has 0 aromatic heterocycles. The Morgan fingerprint density at radius 1 is 0.911 bits per heavy atom. The third kappa shape index (κ3) is 13.0. The Kier molecular flexibility index (Phi) is 16.2. The van der Waals surface area contributed by atoms with Gasteiger partial charge in [0.15, 0.2) is 0 Å². The van der Waals surface area contributed by atoms with Crippen molar-refractivity contribution in [3.8, 4) is 5.75 Å². The van der Waals surface area contributed by atoms with Gasteiger partial charge in [-0.15, -0.1) is 0 Å². The van der Waals surface area contributed by atoms with E-state index in [-0.39, 0.29) is 36.4 Å². The van der Waals surface area contributed by atoms with Crippen LogP contribution in [0.25, 0.3) is 0 Å². The van der Waals surface area contributed by atoms with Gasteiger partial charge in [0.05, 0.1) is 35.5 Å². The highest BCUT2D eigenvalue weighted by Crippen LogP contribution is 2.29. The standard InChI is InChI=1S/C33H54ClN5O6/c1-44-29-21-27(35)26(34)20-25(29)33(43)37-28-15-19-39(23-30(28)45-2)17-10-6-7-13-31(40)36-24-12-11-18-38(22-24)16-9-5-3-4-8-14-32(41)42/h20-21,24,28,30H,3-19,22-23,35H2,1-2H3,(H,36,40)(H,37,43)(H,41,42)/t24-,28-,30+/m1/s1. The van der Waals surface area contributed by atoms with Crippen molar-refractivity contribution in [2.75, 3.05) is 59.2 Å². The molecule has 45 heavy (non-hydrogen) atoms. The zero-order valence-corrected chi connectivity index (χ0v) is 27.9. The van der Waals surface area contributed by atoms with Crippen molar-refractivity contribution < 1.29 is 29.0 Å². The molecule has 12 heteroatoms. The third-order valence-electron chi connectivity index (χ3n) is 8.94. The molecule has 2 amide bonds. The van der Waals surface area contributed by atoms with E-state index in [4.69, 9.17) is 31.9 Å². The van der Waals surface area contributed by atoms with E-state index in [0.717, 1.165) is 110 Å². The summed E-state index contributed by atoms with van der Waals surface area (Å²) in [7, 11) is 3.17. The maximum Gasteiger partial charge on any atom is 0.303 e. The lowest BCUT2D eigenvalue weighted by Gasteiger charge is -2.38. The average Bonchev–Trinajstić information content (AvgIpc) is 3.02. The predicted octanol–water partition coefficient (Wildman–Crippen LogP) is 4.32. The van der Waals surface area contributed by atoms with E-state index in [9.17, 15) is 14.4 Å². The number of anilines is 1. The summed E-state index contributed by atoms with van der Waals surface area (Å²) in [6, 6.07) is 3.19. The molecule has 254 valence electrons. The number of likely N-dealkylation sites (tertiary alicyclic amines) is 2. The molecule has 1 aromatic carbocycles. The number of nitrogens with one attached hydrogen (secondary N) is 2. The number of aliphatic carboxylic acids is 1. The van der Waals surface area contributed by atoms with Gasteiger partial charge < -0.3 is 40.7 Å². The molecule has 11 nitrogen and oxygen atoms in total. The van der Waals surface area contributed by atoms with Crippen molar-refractivity contribution in [3.05, 3.63) is 22.7 Å². The topological polar surface area (TPSA) is 146 Å². The number of unbranched alkanes of at least 4 members (excludes halogenated alkanes) is 6. The second-order valence-electron chi connectivity index (χ2n) is 12.4. The minimum absolute atomic E-state index is 0.130. The molecule has 2 fully saturated rings. The number of nitrogen functional groups attached to an aromatic ring is 1. The van der Waals surface area contributed by atoms with Crippen LogP contribution < -0.4 is 21.1 Å². The first-order valence-corrected chi connectivity index (χ1v) is 17.0. The van der Waals surface area contributed by atoms with E-state index in [2.05, 4.69) is 20.4 Å². The van der Waals surface area contributed by atoms with Gasteiger partial charge in [-0.25, -0.2) is 0 Å². The molecular weight excluding hydrogens is 598 g/mol. The number of rotatable bonds is 19. The summed E-state index contributed by atoms with van der Waals surface area (Å²) in [5, 5.41) is 15.4. The molecule has 3 rings (SSSR count). The van der Waals surface area contributed by atoms with Crippen LogP contribution in [0.4, 0.5) is 5.69 Å². The first-order valence-electron chi connectivity index (χ1n) is 16.6. The summed E-state index contributed by atoms with van der Waals surface area (Å²) in [6.07, 6.45) is 11.6. The van der Waals surface area contributed by atoms with Crippen LogP contribution in [0, 0.1) is 0 Å². The molecule has 5 N–H and O–H groups in total. The molecule has 0 radical (unpaired) electrons. The number of nitrogens with two attached hydrogens (primary N) is 1. The monoisotopic (exact) mass is 651 g/mol. The number of carboxylic acids is 1. The van der Waals surface area contributed by atoms with E-state index >= 15 is 0 Å². The molecule has 2 heterocycles. The SMILES string of the molecule is COc1cc(N)c(Cl)cc1C(=O)N[C@@H]1CCN(CCCCCC(=O)N[C@@H]2CCCN(CCCCCCCC(=O)O)C2)C[C@@H]1OC. The molecule has 0 unspecified atom stereocenters. The Balaban J connectivity index is 1.27. The number of methoxy groups -OCH3 is 2. The van der Waals surface area contributed by atoms with Crippen LogP contribution >= 0.6 is 11.6 Å². The summed E-state index contributed by atoms with van der Waals surface area (Å²) in [5.41, 5.74) is 6.56. The van der Waals surface area contributed by atoms with Crippen LogP contribution in [0.2, 0.25) is 5.02 Å². The first-order chi connectivity index (χ1) is 21.7. The average molecular weight is 652 g/mol. The highest BCUT2D eigenvalue weighted by molar-refractivity contribution is 6.33. The Labute approximate surface area is 273 Å². The van der Waals surface area contributed by atoms with Crippen molar-refractivity contribution in [1.82, 2.24) is 20.4 Å². The molecular formula is C33H54ClN5O6. The second-order valence-corrected chi connectivity index (χ2v) is 12.9. The number of piperidine rings is 2. The van der Waals surface area contributed by atoms with Gasteiger partial charge in [-0.05, 0) is 70.6 Å². The number of nitrogens with zero attached hydrogens (tertiary/aromatic N) is 2. The van der Waals surface area contributed by atoms with Gasteiger partial charge >= 0.3 is 5.97 Å². The van der Waals surface area contributed by atoms with Crippen molar-refractivity contribution in [1.29, 1.82) is 0 Å². The highest BCUT2D eigenvalue weighted by atomic mass is 35.5. The normalized spacial score (nSPS) is 20.9. The van der Waals surface area contributed by atoms with E-state index < -0.39 is 5.97 Å². The molecule has 2 saturated heterocycles. The second kappa shape index (κ2) is 19.8. The number of carboxylic acid groups (broad SMARTS) is 1. The van der Waals surface area contributed by atoms with Gasteiger partial charge in [-0.1, -0.05) is 37.3 Å². The molecule has 0 aliphatic carbocycles. The zero-order chi connectivity index (χ0) is 32.6. The number of hydrogen-bond acceptors (Lipinski definition) is 8. The summed E-state index contributed by atoms with van der Waals surface area (Å²) in [5.74, 6) is -0.450. The third-order valence-corrected chi connectivity index (χ3v) is 9.27. The minimum atomic E-state index is -0.710. The molecule has 2 aliphatic heterocycles. The molecule has 0 saturated carbocycles. The van der Waals surface area contributed by atoms with E-state index in [1.165, 1.54) is 13.2 Å². The van der Waals surface area contributed by atoms with Crippen molar-refractivity contribution >= 4 is 35.1 Å². The fourth-order valence-electron chi connectivity index (χ4n) is 6.37. The minimum Gasteiger partial charge on any atom is -0.496 e. The van der Waals surface area contributed by atoms with Gasteiger partial charge in [-0.2, -0.15) is 0 Å². The number of ether oxygens (including phenoxy) is 2. The lowest BCUT2D eigenvalue weighted by molar-refractivity contribution is -0.137. The lowest BCUT2D eigenvalue weighted by atomic mass is 10.00. The highest BCUT2D eigenvalue weighted by Gasteiger charge is 2.31. The van der Waals surface area contributed by atoms with Crippen LogP contribution in [0.15, 0.2) is 12.1 Å². The largest absolute Gasteiger partial charge is 0.496 e. The number of carbonyl (C=O) groups is 3. The molecule has 3 atom stereocenters. The van der Waals surface area contributed by atoms with Crippen LogP contribution in [0.3, 0.4) is 0 Å². The van der Waals surface area contributed by atoms with E-state index in [0.29, 0.717) is 28.4 Å². The Morgan fingerprint density at radius 3 is 2.29 bits per heavy atom. The summed E-state index contributed by atoms with van der Waals surface area (Å²) in [6.45, 7) is 5.57. The van der Waals surface area contributed by atoms with Crippen LogP contribution in [-0.4, -0.2) is 104 Å². The first kappa shape index (κ1) is 36.9.